The van der Waals surface area contributed by atoms with Gasteiger partial charge in [0.05, 0.1) is 6.61 Å². The molecular weight excluding hydrogens is 204 g/mol. The predicted octanol–water partition coefficient (Wildman–Crippen LogP) is 1.66. The molecule has 0 amide bonds. The van der Waals surface area contributed by atoms with Crippen molar-refractivity contribution in [3.63, 3.8) is 0 Å². The molecule has 0 aromatic carbocycles. The zero-order valence-corrected chi connectivity index (χ0v) is 7.98. The highest BCUT2D eigenvalue weighted by molar-refractivity contribution is 4.93. The fourth-order valence-corrected chi connectivity index (χ4v) is 1.24. The molecule has 6 heteroatoms. The second-order valence-electron chi connectivity index (χ2n) is 3.26. The Balaban J connectivity index is 4.86. The molecule has 2 N–H and O–H groups in total. The number of halogens is 4. The van der Waals surface area contributed by atoms with Gasteiger partial charge >= 0.3 is 6.18 Å². The molecule has 0 saturated carbocycles. The summed E-state index contributed by atoms with van der Waals surface area (Å²) in [5, 5.41) is 17.6. The van der Waals surface area contributed by atoms with E-state index in [0.29, 0.717) is 0 Å². The van der Waals surface area contributed by atoms with E-state index in [1.807, 2.05) is 0 Å². The van der Waals surface area contributed by atoms with E-state index < -0.39 is 36.9 Å². The van der Waals surface area contributed by atoms with Gasteiger partial charge in [-0.1, -0.05) is 13.8 Å². The molecule has 0 spiro atoms. The maximum atomic E-state index is 12.8. The average Bonchev–Trinajstić information content (AvgIpc) is 2.12. The second kappa shape index (κ2) is 4.44. The third-order valence-corrected chi connectivity index (χ3v) is 2.50. The Labute approximate surface area is 79.5 Å². The average molecular weight is 218 g/mol. The molecule has 0 radical (unpaired) electrons. The summed E-state index contributed by atoms with van der Waals surface area (Å²) in [5.41, 5.74) is -3.07. The van der Waals surface area contributed by atoms with Gasteiger partial charge in [0.25, 0.3) is 0 Å². The Bertz CT molecular complexity index is 183. The van der Waals surface area contributed by atoms with Crippen LogP contribution >= 0.6 is 0 Å². The lowest BCUT2D eigenvalue weighted by atomic mass is 9.82. The van der Waals surface area contributed by atoms with Crippen LogP contribution in [0, 0.1) is 5.92 Å². The van der Waals surface area contributed by atoms with E-state index >= 15 is 0 Å². The molecule has 86 valence electrons. The van der Waals surface area contributed by atoms with Crippen LogP contribution < -0.4 is 0 Å². The van der Waals surface area contributed by atoms with Crippen LogP contribution in [-0.4, -0.2) is 34.8 Å². The van der Waals surface area contributed by atoms with Crippen molar-refractivity contribution >= 4 is 0 Å². The Morgan fingerprint density at radius 2 is 1.71 bits per heavy atom. The van der Waals surface area contributed by atoms with Gasteiger partial charge < -0.3 is 10.2 Å². The van der Waals surface area contributed by atoms with Crippen molar-refractivity contribution in [1.29, 1.82) is 0 Å². The maximum absolute atomic E-state index is 12.8. The number of alkyl halides is 4. The molecule has 0 fully saturated rings. The van der Waals surface area contributed by atoms with E-state index in [-0.39, 0.29) is 0 Å². The summed E-state index contributed by atoms with van der Waals surface area (Å²) < 4.78 is 49.9. The van der Waals surface area contributed by atoms with Gasteiger partial charge in [-0.25, -0.2) is 4.39 Å². The number of aliphatic hydroxyl groups is 2. The molecule has 0 heterocycles. The number of hydrogen-bond acceptors (Lipinski definition) is 2. The van der Waals surface area contributed by atoms with Crippen LogP contribution in [-0.2, 0) is 0 Å². The Morgan fingerprint density at radius 1 is 1.29 bits per heavy atom. The lowest BCUT2D eigenvalue weighted by Crippen LogP contribution is -2.53. The van der Waals surface area contributed by atoms with Gasteiger partial charge in [-0.3, -0.25) is 0 Å². The Kier molecular flexibility index (Phi) is 4.33. The largest absolute Gasteiger partial charge is 0.417 e. The highest BCUT2D eigenvalue weighted by Crippen LogP contribution is 2.40. The zero-order chi connectivity index (χ0) is 11.6. The van der Waals surface area contributed by atoms with Gasteiger partial charge in [0, 0.05) is 5.92 Å². The monoisotopic (exact) mass is 218 g/mol. The maximum Gasteiger partial charge on any atom is 0.417 e. The van der Waals surface area contributed by atoms with E-state index in [1.165, 1.54) is 0 Å². The molecule has 0 bridgehead atoms. The summed E-state index contributed by atoms with van der Waals surface area (Å²) >= 11 is 0. The fourth-order valence-electron chi connectivity index (χ4n) is 1.24. The van der Waals surface area contributed by atoms with E-state index in [2.05, 4.69) is 0 Å². The standard InChI is InChI=1S/C8H14F4O2/c1-3-7(14,8(10,11)12)5(2)6(9)4-13/h5-6,13-14H,3-4H2,1-2H3/t5-,6-,7?/m0/s1. The van der Waals surface area contributed by atoms with Crippen LogP contribution in [0.4, 0.5) is 17.6 Å². The summed E-state index contributed by atoms with van der Waals surface area (Å²) in [6, 6.07) is 0. The van der Waals surface area contributed by atoms with E-state index in [0.717, 1.165) is 13.8 Å². The third-order valence-electron chi connectivity index (χ3n) is 2.50. The third kappa shape index (κ3) is 2.36. The van der Waals surface area contributed by atoms with E-state index in [9.17, 15) is 22.7 Å². The molecule has 0 aliphatic heterocycles. The van der Waals surface area contributed by atoms with Crippen molar-refractivity contribution < 1.29 is 27.8 Å². The molecule has 0 aromatic heterocycles. The van der Waals surface area contributed by atoms with E-state index in [4.69, 9.17) is 5.11 Å². The van der Waals surface area contributed by atoms with Crippen molar-refractivity contribution in [2.45, 2.75) is 38.2 Å². The molecule has 14 heavy (non-hydrogen) atoms. The van der Waals surface area contributed by atoms with Crippen molar-refractivity contribution in [1.82, 2.24) is 0 Å². The van der Waals surface area contributed by atoms with Crippen molar-refractivity contribution in [2.24, 2.45) is 5.92 Å². The van der Waals surface area contributed by atoms with Crippen LogP contribution in [0.5, 0.6) is 0 Å². The summed E-state index contributed by atoms with van der Waals surface area (Å²) in [4.78, 5) is 0. The minimum absolute atomic E-state index is 0.641. The molecule has 0 aliphatic rings. The second-order valence-corrected chi connectivity index (χ2v) is 3.26. The smallest absolute Gasteiger partial charge is 0.393 e. The normalized spacial score (nSPS) is 21.4. The summed E-state index contributed by atoms with van der Waals surface area (Å²) in [7, 11) is 0. The highest BCUT2D eigenvalue weighted by atomic mass is 19.4. The number of hydrogen-bond donors (Lipinski definition) is 2. The minimum atomic E-state index is -4.89. The van der Waals surface area contributed by atoms with Gasteiger partial charge in [0.2, 0.25) is 0 Å². The predicted molar refractivity (Wildman–Crippen MR) is 42.4 cm³/mol. The first-order valence-electron chi connectivity index (χ1n) is 4.24. The first-order chi connectivity index (χ1) is 6.20. The minimum Gasteiger partial charge on any atom is -0.393 e. The van der Waals surface area contributed by atoms with Crippen molar-refractivity contribution in [3.05, 3.63) is 0 Å². The lowest BCUT2D eigenvalue weighted by molar-refractivity contribution is -0.285. The van der Waals surface area contributed by atoms with Crippen LogP contribution in [0.25, 0.3) is 0 Å². The molecule has 0 aliphatic carbocycles. The van der Waals surface area contributed by atoms with Gasteiger partial charge in [0.1, 0.15) is 6.17 Å². The molecular formula is C8H14F4O2. The van der Waals surface area contributed by atoms with Crippen LogP contribution in [0.3, 0.4) is 0 Å². The first-order valence-corrected chi connectivity index (χ1v) is 4.24. The van der Waals surface area contributed by atoms with Crippen LogP contribution in [0.1, 0.15) is 20.3 Å². The summed E-state index contributed by atoms with van der Waals surface area (Å²) in [5.74, 6) is -1.68. The Morgan fingerprint density at radius 3 is 1.93 bits per heavy atom. The lowest BCUT2D eigenvalue weighted by Gasteiger charge is -2.36. The number of aliphatic hydroxyl groups excluding tert-OH is 1. The van der Waals surface area contributed by atoms with E-state index in [1.54, 1.807) is 0 Å². The van der Waals surface area contributed by atoms with Gasteiger partial charge in [-0.2, -0.15) is 13.2 Å². The zero-order valence-electron chi connectivity index (χ0n) is 7.98. The van der Waals surface area contributed by atoms with Crippen LogP contribution in [0.2, 0.25) is 0 Å². The van der Waals surface area contributed by atoms with Gasteiger partial charge in [-0.15, -0.1) is 0 Å². The SMILES string of the molecule is CCC(O)([C@@H](C)[C@@H](F)CO)C(F)(F)F. The summed E-state index contributed by atoms with van der Waals surface area (Å²) in [6.45, 7) is 1.02. The molecule has 0 saturated heterocycles. The van der Waals surface area contributed by atoms with Gasteiger partial charge in [-0.05, 0) is 6.42 Å². The quantitative estimate of drug-likeness (QED) is 0.704. The Hall–Kier alpha value is -0.360. The topological polar surface area (TPSA) is 40.5 Å². The molecule has 2 nitrogen and oxygen atoms in total. The van der Waals surface area contributed by atoms with Crippen molar-refractivity contribution in [2.75, 3.05) is 6.61 Å². The van der Waals surface area contributed by atoms with Crippen LogP contribution in [0.15, 0.2) is 0 Å². The highest BCUT2D eigenvalue weighted by Gasteiger charge is 2.57. The first kappa shape index (κ1) is 13.6. The number of rotatable bonds is 4. The molecule has 1 unspecified atom stereocenters. The fraction of sp³-hybridized carbons (Fsp3) is 1.00. The molecule has 3 atom stereocenters. The molecule has 0 aromatic rings. The van der Waals surface area contributed by atoms with Gasteiger partial charge in [0.15, 0.2) is 5.60 Å². The van der Waals surface area contributed by atoms with Crippen molar-refractivity contribution in [3.8, 4) is 0 Å². The summed E-state index contributed by atoms with van der Waals surface area (Å²) in [6.07, 6.45) is -7.61. The molecule has 0 rings (SSSR count).